The molecule has 0 bridgehead atoms. The van der Waals surface area contributed by atoms with Crippen molar-refractivity contribution in [3.05, 3.63) is 23.4 Å². The molecule has 7 nitrogen and oxygen atoms in total. The molecule has 0 aliphatic carbocycles. The number of nitrogens with two attached hydrogens (primary N) is 1. The molecule has 1 aliphatic heterocycles. The quantitative estimate of drug-likeness (QED) is 0.893. The first-order valence-electron chi connectivity index (χ1n) is 7.49. The van der Waals surface area contributed by atoms with Crippen molar-refractivity contribution in [1.82, 2.24) is 24.5 Å². The molecule has 1 unspecified atom stereocenters. The highest BCUT2D eigenvalue weighted by Gasteiger charge is 2.25. The van der Waals surface area contributed by atoms with E-state index in [1.165, 1.54) is 11.4 Å². The molecule has 3 rings (SSSR count). The van der Waals surface area contributed by atoms with Gasteiger partial charge < -0.3 is 15.2 Å². The molecule has 21 heavy (non-hydrogen) atoms. The first-order valence-corrected chi connectivity index (χ1v) is 7.49. The van der Waals surface area contributed by atoms with E-state index in [0.717, 1.165) is 44.0 Å². The molecule has 0 saturated heterocycles. The number of anilines is 1. The Labute approximate surface area is 124 Å². The second-order valence-electron chi connectivity index (χ2n) is 5.75. The van der Waals surface area contributed by atoms with Crippen LogP contribution in [-0.2, 0) is 26.6 Å². The zero-order chi connectivity index (χ0) is 15.0. The molecule has 1 aliphatic rings. The maximum Gasteiger partial charge on any atom is 0.152 e. The molecular weight excluding hydrogens is 266 g/mol. The van der Waals surface area contributed by atoms with Crippen LogP contribution in [-0.4, -0.2) is 37.1 Å². The molecule has 0 fully saturated rings. The second kappa shape index (κ2) is 5.48. The number of fused-ring (bicyclic) bond motifs is 1. The summed E-state index contributed by atoms with van der Waals surface area (Å²) in [5.74, 6) is 2.18. The highest BCUT2D eigenvalue weighted by Crippen LogP contribution is 2.27. The molecule has 2 aromatic rings. The maximum atomic E-state index is 6.16. The van der Waals surface area contributed by atoms with Crippen LogP contribution in [0.4, 0.5) is 5.82 Å². The van der Waals surface area contributed by atoms with E-state index >= 15 is 0 Å². The van der Waals surface area contributed by atoms with Crippen LogP contribution >= 0.6 is 0 Å². The summed E-state index contributed by atoms with van der Waals surface area (Å²) < 4.78 is 4.08. The fraction of sp³-hybridized carbons (Fsp3) is 0.643. The van der Waals surface area contributed by atoms with Crippen molar-refractivity contribution in [1.29, 1.82) is 0 Å². The molecule has 0 radical (unpaired) electrons. The number of aromatic nitrogens is 5. The van der Waals surface area contributed by atoms with Crippen LogP contribution < -0.4 is 10.6 Å². The molecular formula is C14H23N7. The third-order valence-corrected chi connectivity index (χ3v) is 4.24. The number of aryl methyl sites for hydroxylation is 2. The number of hydrogen-bond acceptors (Lipinski definition) is 5. The Kier molecular flexibility index (Phi) is 3.67. The van der Waals surface area contributed by atoms with Crippen molar-refractivity contribution in [2.75, 3.05) is 11.4 Å². The van der Waals surface area contributed by atoms with Gasteiger partial charge in [0.25, 0.3) is 0 Å². The lowest BCUT2D eigenvalue weighted by Gasteiger charge is -2.30. The first kappa shape index (κ1) is 14.1. The van der Waals surface area contributed by atoms with Crippen LogP contribution in [0.3, 0.4) is 0 Å². The van der Waals surface area contributed by atoms with E-state index in [-0.39, 0.29) is 6.04 Å². The van der Waals surface area contributed by atoms with E-state index in [1.54, 1.807) is 6.33 Å². The van der Waals surface area contributed by atoms with Gasteiger partial charge in [-0.05, 0) is 19.8 Å². The lowest BCUT2D eigenvalue weighted by Crippen LogP contribution is -2.36. The number of hydrogen-bond donors (Lipinski definition) is 1. The van der Waals surface area contributed by atoms with Crippen molar-refractivity contribution in [2.45, 2.75) is 45.8 Å². The molecule has 0 aromatic carbocycles. The average Bonchev–Trinajstić information content (AvgIpc) is 3.03. The smallest absolute Gasteiger partial charge is 0.152 e. The molecule has 114 valence electrons. The number of rotatable bonds is 4. The molecule has 0 saturated carbocycles. The second-order valence-corrected chi connectivity index (χ2v) is 5.75. The monoisotopic (exact) mass is 289 g/mol. The minimum Gasteiger partial charge on any atom is -0.347 e. The lowest BCUT2D eigenvalue weighted by atomic mass is 10.0. The van der Waals surface area contributed by atoms with Crippen molar-refractivity contribution in [3.63, 3.8) is 0 Å². The summed E-state index contributed by atoms with van der Waals surface area (Å²) in [7, 11) is 2.00. The first-order chi connectivity index (χ1) is 10.1. The summed E-state index contributed by atoms with van der Waals surface area (Å²) in [5.41, 5.74) is 8.50. The lowest BCUT2D eigenvalue weighted by molar-refractivity contribution is 0.543. The van der Waals surface area contributed by atoms with Gasteiger partial charge in [0.2, 0.25) is 0 Å². The highest BCUT2D eigenvalue weighted by molar-refractivity contribution is 5.51. The third kappa shape index (κ3) is 2.53. The molecule has 3 heterocycles. The molecule has 2 N–H and O–H groups in total. The van der Waals surface area contributed by atoms with E-state index < -0.39 is 0 Å². The summed E-state index contributed by atoms with van der Waals surface area (Å²) in [5, 5.41) is 12.8. The van der Waals surface area contributed by atoms with E-state index in [4.69, 9.17) is 5.73 Å². The van der Waals surface area contributed by atoms with Crippen LogP contribution in [0.25, 0.3) is 0 Å². The van der Waals surface area contributed by atoms with Gasteiger partial charge in [0.05, 0.1) is 12.2 Å². The van der Waals surface area contributed by atoms with Crippen molar-refractivity contribution < 1.29 is 0 Å². The number of nitrogens with zero attached hydrogens (tertiary/aromatic N) is 6. The zero-order valence-electron chi connectivity index (χ0n) is 13.0. The van der Waals surface area contributed by atoms with E-state index in [1.807, 2.05) is 11.7 Å². The maximum absolute atomic E-state index is 6.16. The van der Waals surface area contributed by atoms with Gasteiger partial charge in [0.1, 0.15) is 12.1 Å². The molecule has 7 heteroatoms. The van der Waals surface area contributed by atoms with Crippen LogP contribution in [0.2, 0.25) is 0 Å². The summed E-state index contributed by atoms with van der Waals surface area (Å²) in [6, 6.07) is 0.181. The minimum absolute atomic E-state index is 0.181. The van der Waals surface area contributed by atoms with Gasteiger partial charge in [-0.2, -0.15) is 5.10 Å². The summed E-state index contributed by atoms with van der Waals surface area (Å²) >= 11 is 0. The Hall–Kier alpha value is -1.89. The van der Waals surface area contributed by atoms with Crippen molar-refractivity contribution in [3.8, 4) is 0 Å². The van der Waals surface area contributed by atoms with Crippen molar-refractivity contribution in [2.24, 2.45) is 12.8 Å². The third-order valence-electron chi connectivity index (χ3n) is 4.24. The van der Waals surface area contributed by atoms with Crippen LogP contribution in [0, 0.1) is 6.92 Å². The predicted molar refractivity (Wildman–Crippen MR) is 81.0 cm³/mol. The normalized spacial score (nSPS) is 16.1. The topological polar surface area (TPSA) is 77.8 Å². The van der Waals surface area contributed by atoms with Gasteiger partial charge in [0, 0.05) is 31.7 Å². The summed E-state index contributed by atoms with van der Waals surface area (Å²) in [6.45, 7) is 6.81. The standard InChI is InChI=1S/C14H23N7/c1-4-11(15)7-12-10(2)18-19(3)14(12)20-5-6-21-9-16-17-13(21)8-20/h9,11H,4-8,15H2,1-3H3. The summed E-state index contributed by atoms with van der Waals surface area (Å²) in [4.78, 5) is 2.34. The minimum atomic E-state index is 0.181. The Balaban J connectivity index is 1.91. The Morgan fingerprint density at radius 2 is 2.19 bits per heavy atom. The van der Waals surface area contributed by atoms with Crippen LogP contribution in [0.5, 0.6) is 0 Å². The fourth-order valence-corrected chi connectivity index (χ4v) is 2.98. The fourth-order valence-electron chi connectivity index (χ4n) is 2.98. The largest absolute Gasteiger partial charge is 0.347 e. The van der Waals surface area contributed by atoms with Crippen LogP contribution in [0.15, 0.2) is 6.33 Å². The SMILES string of the molecule is CCC(N)Cc1c(C)nn(C)c1N1CCn2cnnc2C1. The molecule has 1 atom stereocenters. The zero-order valence-corrected chi connectivity index (χ0v) is 13.0. The van der Waals surface area contributed by atoms with Gasteiger partial charge in [-0.25, -0.2) is 0 Å². The van der Waals surface area contributed by atoms with E-state index in [0.29, 0.717) is 0 Å². The Morgan fingerprint density at radius 3 is 2.95 bits per heavy atom. The molecule has 2 aromatic heterocycles. The van der Waals surface area contributed by atoms with Gasteiger partial charge in [-0.3, -0.25) is 4.68 Å². The van der Waals surface area contributed by atoms with Crippen LogP contribution in [0.1, 0.15) is 30.4 Å². The van der Waals surface area contributed by atoms with Gasteiger partial charge in [-0.15, -0.1) is 10.2 Å². The van der Waals surface area contributed by atoms with Gasteiger partial charge in [-0.1, -0.05) is 6.92 Å². The average molecular weight is 289 g/mol. The molecule has 0 amide bonds. The predicted octanol–water partition coefficient (Wildman–Crippen LogP) is 0.620. The van der Waals surface area contributed by atoms with E-state index in [2.05, 4.69) is 38.6 Å². The Bertz CT molecular complexity index is 627. The van der Waals surface area contributed by atoms with Gasteiger partial charge in [0.15, 0.2) is 5.82 Å². The van der Waals surface area contributed by atoms with Crippen molar-refractivity contribution >= 4 is 5.82 Å². The van der Waals surface area contributed by atoms with Gasteiger partial charge >= 0.3 is 0 Å². The Morgan fingerprint density at radius 1 is 1.38 bits per heavy atom. The molecule has 0 spiro atoms. The summed E-state index contributed by atoms with van der Waals surface area (Å²) in [6.07, 6.45) is 3.64. The van der Waals surface area contributed by atoms with E-state index in [9.17, 15) is 0 Å². The highest BCUT2D eigenvalue weighted by atomic mass is 15.4.